The number of aromatic nitrogens is 4. The number of carbonyl (C=O) groups is 2. The van der Waals surface area contributed by atoms with Crippen molar-refractivity contribution >= 4 is 11.9 Å². The Kier molecular flexibility index (Phi) is 4.94. The van der Waals surface area contributed by atoms with Crippen LogP contribution in [-0.4, -0.2) is 45.5 Å². The molecule has 0 amide bonds. The lowest BCUT2D eigenvalue weighted by atomic mass is 9.88. The lowest BCUT2D eigenvalue weighted by molar-refractivity contribution is 0.0508. The quantitative estimate of drug-likeness (QED) is 0.705. The van der Waals surface area contributed by atoms with Gasteiger partial charge >= 0.3 is 11.9 Å². The molecule has 2 saturated carbocycles. The Morgan fingerprint density at radius 1 is 0.844 bits per heavy atom. The predicted molar refractivity (Wildman–Crippen MR) is 116 cm³/mol. The first kappa shape index (κ1) is 21.2. The molecule has 4 aliphatic rings. The Balaban J connectivity index is 0.000000135. The molecule has 2 fully saturated rings. The molecule has 0 saturated heterocycles. The smallest absolute Gasteiger partial charge is 0.359 e. The third-order valence-electron chi connectivity index (χ3n) is 7.98. The number of carbonyl (C=O) groups excluding carboxylic acids is 2. The number of H-pyrrole nitrogens is 2. The molecular weight excluding hydrogens is 408 g/mol. The van der Waals surface area contributed by atoms with E-state index < -0.39 is 0 Å². The molecule has 0 bridgehead atoms. The van der Waals surface area contributed by atoms with E-state index in [1.54, 1.807) is 0 Å². The molecular formula is C24H32N4O4. The minimum absolute atomic E-state index is 0.288. The van der Waals surface area contributed by atoms with Crippen molar-refractivity contribution in [2.24, 2.45) is 22.7 Å². The van der Waals surface area contributed by atoms with Crippen LogP contribution in [0.3, 0.4) is 0 Å². The first-order chi connectivity index (χ1) is 15.3. The molecule has 2 aromatic heterocycles. The van der Waals surface area contributed by atoms with Crippen molar-refractivity contribution in [1.29, 1.82) is 0 Å². The summed E-state index contributed by atoms with van der Waals surface area (Å²) in [5, 5.41) is 14.2. The van der Waals surface area contributed by atoms with Gasteiger partial charge in [0.25, 0.3) is 0 Å². The summed E-state index contributed by atoms with van der Waals surface area (Å²) in [5.74, 6) is 0.907. The van der Waals surface area contributed by atoms with Crippen molar-refractivity contribution in [1.82, 2.24) is 20.4 Å². The number of rotatable bonds is 4. The largest absolute Gasteiger partial charge is 0.461 e. The zero-order valence-electron chi connectivity index (χ0n) is 19.3. The number of esters is 2. The fraction of sp³-hybridized carbons (Fsp3) is 0.667. The molecule has 2 heterocycles. The summed E-state index contributed by atoms with van der Waals surface area (Å²) < 4.78 is 10.0. The molecule has 8 nitrogen and oxygen atoms in total. The molecule has 8 heteroatoms. The Hall–Kier alpha value is -2.64. The molecule has 4 atom stereocenters. The summed E-state index contributed by atoms with van der Waals surface area (Å²) in [6.07, 6.45) is 6.57. The van der Waals surface area contributed by atoms with Crippen LogP contribution in [0.2, 0.25) is 0 Å². The number of hydrogen-bond donors (Lipinski definition) is 2. The lowest BCUT2D eigenvalue weighted by Crippen LogP contribution is -2.15. The van der Waals surface area contributed by atoms with Crippen molar-refractivity contribution in [2.75, 3.05) is 13.2 Å². The van der Waals surface area contributed by atoms with Crippen LogP contribution in [0, 0.1) is 22.7 Å². The fourth-order valence-corrected chi connectivity index (χ4v) is 5.65. The summed E-state index contributed by atoms with van der Waals surface area (Å²) >= 11 is 0. The summed E-state index contributed by atoms with van der Waals surface area (Å²) in [7, 11) is 0. The van der Waals surface area contributed by atoms with Gasteiger partial charge in [-0.05, 0) is 75.0 Å². The molecule has 2 aromatic rings. The van der Waals surface area contributed by atoms with Crippen LogP contribution < -0.4 is 0 Å². The van der Waals surface area contributed by atoms with E-state index in [4.69, 9.17) is 9.47 Å². The fourth-order valence-electron chi connectivity index (χ4n) is 5.65. The highest BCUT2D eigenvalue weighted by Crippen LogP contribution is 2.59. The summed E-state index contributed by atoms with van der Waals surface area (Å²) in [6.45, 7) is 9.06. The normalized spacial score (nSPS) is 30.5. The number of hydrogen-bond acceptors (Lipinski definition) is 6. The van der Waals surface area contributed by atoms with Crippen molar-refractivity contribution in [3.8, 4) is 0 Å². The van der Waals surface area contributed by atoms with Gasteiger partial charge in [-0.2, -0.15) is 10.2 Å². The van der Waals surface area contributed by atoms with E-state index in [-0.39, 0.29) is 11.9 Å². The van der Waals surface area contributed by atoms with Crippen LogP contribution in [-0.2, 0) is 35.2 Å². The van der Waals surface area contributed by atoms with Gasteiger partial charge in [0, 0.05) is 22.5 Å². The summed E-state index contributed by atoms with van der Waals surface area (Å²) in [5.41, 5.74) is 6.41. The first-order valence-corrected chi connectivity index (χ1v) is 11.7. The zero-order valence-corrected chi connectivity index (χ0v) is 19.3. The summed E-state index contributed by atoms with van der Waals surface area (Å²) in [6, 6.07) is 0. The van der Waals surface area contributed by atoms with Gasteiger partial charge in [0.15, 0.2) is 11.4 Å². The Bertz CT molecular complexity index is 988. The SMILES string of the molecule is CCOC(=O)c1n[nH]c2c1C[C@@H]1C[C@]1(C)C2.CCOC(=O)c1n[nH]c2c1C[C@H]1C[C@@]1(C)C2. The van der Waals surface area contributed by atoms with Crippen molar-refractivity contribution in [3.05, 3.63) is 33.9 Å². The maximum Gasteiger partial charge on any atom is 0.359 e. The molecule has 32 heavy (non-hydrogen) atoms. The van der Waals surface area contributed by atoms with E-state index in [1.165, 1.54) is 12.8 Å². The van der Waals surface area contributed by atoms with Gasteiger partial charge in [-0.3, -0.25) is 10.2 Å². The molecule has 4 aliphatic carbocycles. The monoisotopic (exact) mass is 440 g/mol. The highest BCUT2D eigenvalue weighted by molar-refractivity contribution is 5.89. The van der Waals surface area contributed by atoms with Crippen LogP contribution in [0.5, 0.6) is 0 Å². The van der Waals surface area contributed by atoms with E-state index in [9.17, 15) is 9.59 Å². The minimum Gasteiger partial charge on any atom is -0.461 e. The van der Waals surface area contributed by atoms with Crippen LogP contribution in [0.4, 0.5) is 0 Å². The minimum atomic E-state index is -0.288. The van der Waals surface area contributed by atoms with E-state index >= 15 is 0 Å². The van der Waals surface area contributed by atoms with Crippen LogP contribution in [0.15, 0.2) is 0 Å². The molecule has 172 valence electrons. The number of fused-ring (bicyclic) bond motifs is 4. The Morgan fingerprint density at radius 2 is 1.25 bits per heavy atom. The van der Waals surface area contributed by atoms with Crippen LogP contribution >= 0.6 is 0 Å². The molecule has 6 rings (SSSR count). The van der Waals surface area contributed by atoms with E-state index in [1.807, 2.05) is 13.8 Å². The molecule has 0 spiro atoms. The second-order valence-electron chi connectivity index (χ2n) is 10.4. The maximum absolute atomic E-state index is 11.7. The van der Waals surface area contributed by atoms with Gasteiger partial charge in [0.2, 0.25) is 0 Å². The second-order valence-corrected chi connectivity index (χ2v) is 10.4. The van der Waals surface area contributed by atoms with Crippen LogP contribution in [0.25, 0.3) is 0 Å². The second kappa shape index (κ2) is 7.46. The maximum atomic E-state index is 11.7. The average Bonchev–Trinajstić information content (AvgIpc) is 3.45. The Morgan fingerprint density at radius 3 is 1.62 bits per heavy atom. The van der Waals surface area contributed by atoms with Crippen molar-refractivity contribution in [2.45, 2.75) is 66.2 Å². The Labute approximate surface area is 187 Å². The molecule has 2 N–H and O–H groups in total. The van der Waals surface area contributed by atoms with E-state index in [0.29, 0.717) is 35.4 Å². The van der Waals surface area contributed by atoms with Gasteiger partial charge < -0.3 is 9.47 Å². The van der Waals surface area contributed by atoms with Gasteiger partial charge in [0.1, 0.15) is 0 Å². The standard InChI is InChI=1S/2C12H16N2O2/c2*1-3-16-11(15)10-8-4-7-5-12(7,2)6-9(8)13-14-10/h2*7H,3-6H2,1-2H3,(H,13,14)/t2*7-,12-/m10/s1. The number of nitrogens with one attached hydrogen (secondary N) is 2. The molecule has 0 aromatic carbocycles. The number of nitrogens with zero attached hydrogens (tertiary/aromatic N) is 2. The third kappa shape index (κ3) is 3.53. The van der Waals surface area contributed by atoms with Crippen molar-refractivity contribution in [3.63, 3.8) is 0 Å². The summed E-state index contributed by atoms with van der Waals surface area (Å²) in [4.78, 5) is 23.3. The average molecular weight is 441 g/mol. The zero-order chi connectivity index (χ0) is 22.7. The number of aromatic amines is 2. The van der Waals surface area contributed by atoms with Crippen LogP contribution in [0.1, 0.15) is 84.0 Å². The van der Waals surface area contributed by atoms with Crippen molar-refractivity contribution < 1.29 is 19.1 Å². The third-order valence-corrected chi connectivity index (χ3v) is 7.98. The topological polar surface area (TPSA) is 110 Å². The van der Waals surface area contributed by atoms with Gasteiger partial charge in [-0.15, -0.1) is 0 Å². The highest BCUT2D eigenvalue weighted by atomic mass is 16.5. The van der Waals surface area contributed by atoms with Gasteiger partial charge in [0.05, 0.1) is 13.2 Å². The number of ether oxygens (including phenoxy) is 2. The molecule has 0 radical (unpaired) electrons. The van der Waals surface area contributed by atoms with Gasteiger partial charge in [-0.1, -0.05) is 13.8 Å². The van der Waals surface area contributed by atoms with E-state index in [2.05, 4.69) is 34.2 Å². The lowest BCUT2D eigenvalue weighted by Gasteiger charge is -2.17. The van der Waals surface area contributed by atoms with E-state index in [0.717, 1.165) is 60.0 Å². The molecule has 0 unspecified atom stereocenters. The van der Waals surface area contributed by atoms with Gasteiger partial charge in [-0.25, -0.2) is 9.59 Å². The molecule has 0 aliphatic heterocycles. The first-order valence-electron chi connectivity index (χ1n) is 11.7. The highest BCUT2D eigenvalue weighted by Gasteiger charge is 2.54. The predicted octanol–water partition coefficient (Wildman–Crippen LogP) is 3.42.